The molecule has 0 aliphatic carbocycles. The third-order valence-electron chi connectivity index (χ3n) is 10.2. The van der Waals surface area contributed by atoms with Gasteiger partial charge in [0.1, 0.15) is 24.2 Å². The summed E-state index contributed by atoms with van der Waals surface area (Å²) >= 11 is 0. The van der Waals surface area contributed by atoms with Crippen LogP contribution in [0.15, 0.2) is 60.7 Å². The quantitative estimate of drug-likeness (QED) is 0.400. The van der Waals surface area contributed by atoms with E-state index in [1.165, 1.54) is 14.7 Å². The number of nitrogens with zero attached hydrogens (tertiary/aromatic N) is 3. The van der Waals surface area contributed by atoms with E-state index in [0.29, 0.717) is 25.8 Å². The van der Waals surface area contributed by atoms with Crippen LogP contribution in [0.4, 0.5) is 0 Å². The van der Waals surface area contributed by atoms with Crippen LogP contribution in [0.2, 0.25) is 0 Å². The molecule has 0 spiro atoms. The lowest BCUT2D eigenvalue weighted by atomic mass is 9.95. The minimum atomic E-state index is -1.11. The average Bonchev–Trinajstić information content (AvgIpc) is 3.63. The second kappa shape index (κ2) is 18.7. The predicted octanol–water partition coefficient (Wildman–Crippen LogP) is 3.13. The van der Waals surface area contributed by atoms with Crippen LogP contribution >= 0.6 is 0 Å². The fourth-order valence-electron chi connectivity index (χ4n) is 6.90. The van der Waals surface area contributed by atoms with Crippen LogP contribution in [0.25, 0.3) is 0 Å². The first kappa shape index (κ1) is 40.0. The number of esters is 1. The fourth-order valence-corrected chi connectivity index (χ4v) is 6.90. The number of benzene rings is 2. The molecule has 5 amide bonds. The Labute approximate surface area is 307 Å². The van der Waals surface area contributed by atoms with Crippen LogP contribution < -0.4 is 10.6 Å². The Morgan fingerprint density at radius 3 is 1.92 bits per heavy atom. The van der Waals surface area contributed by atoms with Crippen molar-refractivity contribution in [1.29, 1.82) is 0 Å². The molecule has 2 saturated heterocycles. The van der Waals surface area contributed by atoms with Gasteiger partial charge in [0.25, 0.3) is 5.91 Å². The fraction of sp³-hybridized carbons (Fsp3) is 0.550. The first-order chi connectivity index (χ1) is 24.8. The summed E-state index contributed by atoms with van der Waals surface area (Å²) in [6, 6.07) is 14.8. The molecular weight excluding hydrogens is 662 g/mol. The van der Waals surface area contributed by atoms with E-state index in [2.05, 4.69) is 10.6 Å². The van der Waals surface area contributed by atoms with Gasteiger partial charge in [-0.3, -0.25) is 28.8 Å². The van der Waals surface area contributed by atoms with Crippen LogP contribution in [0.3, 0.4) is 0 Å². The van der Waals surface area contributed by atoms with Crippen molar-refractivity contribution >= 4 is 35.5 Å². The number of cyclic esters (lactones) is 1. The van der Waals surface area contributed by atoms with Crippen molar-refractivity contribution in [3.8, 4) is 0 Å². The summed E-state index contributed by atoms with van der Waals surface area (Å²) < 4.78 is 5.72. The maximum Gasteiger partial charge on any atom is 0.308 e. The number of carbonyl (C=O) groups is 6. The van der Waals surface area contributed by atoms with Crippen molar-refractivity contribution in [3.63, 3.8) is 0 Å². The monoisotopic (exact) mass is 717 g/mol. The molecule has 2 heterocycles. The highest BCUT2D eigenvalue weighted by atomic mass is 16.5. The minimum absolute atomic E-state index is 0.0107. The smallest absolute Gasteiger partial charge is 0.308 e. The zero-order valence-electron chi connectivity index (χ0n) is 31.4. The number of likely N-dealkylation sites (N-methyl/N-ethyl adjacent to an activating group) is 2. The highest BCUT2D eigenvalue weighted by Gasteiger charge is 2.42. The summed E-state index contributed by atoms with van der Waals surface area (Å²) in [5.74, 6) is -3.26. The maximum atomic E-state index is 14.6. The zero-order valence-corrected chi connectivity index (χ0v) is 31.4. The van der Waals surface area contributed by atoms with Gasteiger partial charge in [-0.1, -0.05) is 94.8 Å². The van der Waals surface area contributed by atoms with E-state index in [1.54, 1.807) is 14.1 Å². The Balaban J connectivity index is 1.78. The Morgan fingerprint density at radius 1 is 0.769 bits per heavy atom. The van der Waals surface area contributed by atoms with Gasteiger partial charge in [-0.25, -0.2) is 0 Å². The van der Waals surface area contributed by atoms with E-state index in [-0.39, 0.29) is 44.1 Å². The highest BCUT2D eigenvalue weighted by molar-refractivity contribution is 5.96. The van der Waals surface area contributed by atoms with E-state index >= 15 is 0 Å². The van der Waals surface area contributed by atoms with E-state index < -0.39 is 65.8 Å². The van der Waals surface area contributed by atoms with Gasteiger partial charge in [0, 0.05) is 40.0 Å². The lowest BCUT2D eigenvalue weighted by Crippen LogP contribution is -2.60. The molecule has 2 aromatic rings. The number of amides is 5. The number of carbonyl (C=O) groups excluding carboxylic acids is 6. The van der Waals surface area contributed by atoms with Crippen LogP contribution in [0.1, 0.15) is 70.9 Å². The summed E-state index contributed by atoms with van der Waals surface area (Å²) in [6.07, 6.45) is 0.832. The molecule has 4 rings (SSSR count). The van der Waals surface area contributed by atoms with Crippen LogP contribution in [0.5, 0.6) is 0 Å². The van der Waals surface area contributed by atoms with Gasteiger partial charge in [0.2, 0.25) is 23.6 Å². The number of rotatable bonds is 8. The largest absolute Gasteiger partial charge is 0.452 e. The minimum Gasteiger partial charge on any atom is -0.452 e. The normalized spacial score (nSPS) is 25.1. The summed E-state index contributed by atoms with van der Waals surface area (Å²) in [6.45, 7) is 7.84. The molecule has 12 heteroatoms. The summed E-state index contributed by atoms with van der Waals surface area (Å²) in [4.78, 5) is 88.3. The van der Waals surface area contributed by atoms with Crippen LogP contribution in [0, 0.1) is 11.8 Å². The van der Waals surface area contributed by atoms with E-state index in [0.717, 1.165) is 11.1 Å². The summed E-state index contributed by atoms with van der Waals surface area (Å²) in [5.41, 5.74) is 1.63. The van der Waals surface area contributed by atoms with Crippen molar-refractivity contribution in [2.45, 2.75) is 103 Å². The summed E-state index contributed by atoms with van der Waals surface area (Å²) in [7, 11) is 3.11. The van der Waals surface area contributed by atoms with Crippen molar-refractivity contribution in [2.75, 3.05) is 27.2 Å². The van der Waals surface area contributed by atoms with Gasteiger partial charge in [-0.15, -0.1) is 0 Å². The van der Waals surface area contributed by atoms with E-state index in [9.17, 15) is 28.8 Å². The number of ether oxygens (including phenoxy) is 1. The first-order valence-corrected chi connectivity index (χ1v) is 18.5. The maximum absolute atomic E-state index is 14.6. The SMILES string of the molecule is CC[C@H](C)[C@@H]1NC(=O)[C@@H]2CCCN2C(=O)[C@H](CC(C)C)OC(=O)CCNC(=O)[C@H](Cc2ccccc2)N(C)C(=O)[C@H](Cc2ccccc2)N(C)C1=O. The second-order valence-electron chi connectivity index (χ2n) is 14.5. The third kappa shape index (κ3) is 10.2. The average molecular weight is 718 g/mol. The molecular formula is C40H55N5O7. The molecule has 0 saturated carbocycles. The Kier molecular flexibility index (Phi) is 14.4. The molecule has 2 aliphatic heterocycles. The molecule has 2 fully saturated rings. The molecule has 12 nitrogen and oxygen atoms in total. The molecule has 52 heavy (non-hydrogen) atoms. The summed E-state index contributed by atoms with van der Waals surface area (Å²) in [5, 5.41) is 5.76. The second-order valence-corrected chi connectivity index (χ2v) is 14.5. The van der Waals surface area contributed by atoms with Crippen molar-refractivity contribution in [3.05, 3.63) is 71.8 Å². The highest BCUT2D eigenvalue weighted by Crippen LogP contribution is 2.24. The molecule has 6 atom stereocenters. The van der Waals surface area contributed by atoms with Gasteiger partial charge >= 0.3 is 5.97 Å². The molecule has 2 N–H and O–H groups in total. The molecule has 2 aliphatic rings. The van der Waals surface area contributed by atoms with E-state index in [4.69, 9.17) is 4.74 Å². The zero-order chi connectivity index (χ0) is 37.9. The Bertz CT molecular complexity index is 1550. The lowest BCUT2D eigenvalue weighted by molar-refractivity contribution is -0.162. The van der Waals surface area contributed by atoms with Gasteiger partial charge in [0.05, 0.1) is 6.42 Å². The Morgan fingerprint density at radius 2 is 1.35 bits per heavy atom. The third-order valence-corrected chi connectivity index (χ3v) is 10.2. The number of hydrogen-bond acceptors (Lipinski definition) is 7. The molecule has 0 aromatic heterocycles. The predicted molar refractivity (Wildman–Crippen MR) is 196 cm³/mol. The molecule has 0 radical (unpaired) electrons. The number of fused-ring (bicyclic) bond motifs is 1. The number of hydrogen-bond donors (Lipinski definition) is 2. The number of nitrogens with one attached hydrogen (secondary N) is 2. The van der Waals surface area contributed by atoms with Gasteiger partial charge < -0.3 is 30.1 Å². The molecule has 0 bridgehead atoms. The molecule has 2 aromatic carbocycles. The standard InChI is InChI=1S/C40H55N5O7/c1-7-27(4)35-40(51)44(6)32(25-29-17-12-9-13-18-29)38(49)43(5)31(24-28-15-10-8-11-16-28)36(47)41-21-20-34(46)52-33(23-26(2)3)39(50)45-22-14-19-30(45)37(48)42-35/h8-13,15-18,26-27,30-33,35H,7,14,19-25H2,1-6H3,(H,41,47)(H,42,48)/t27-,30-,31-,32-,33-,35-/m0/s1. The lowest BCUT2D eigenvalue weighted by Gasteiger charge is -2.37. The van der Waals surface area contributed by atoms with Gasteiger partial charge in [-0.05, 0) is 42.2 Å². The van der Waals surface area contributed by atoms with Crippen molar-refractivity contribution < 1.29 is 33.5 Å². The van der Waals surface area contributed by atoms with Crippen molar-refractivity contribution in [1.82, 2.24) is 25.3 Å². The van der Waals surface area contributed by atoms with Crippen molar-refractivity contribution in [2.24, 2.45) is 11.8 Å². The molecule has 282 valence electrons. The molecule has 0 unspecified atom stereocenters. The van der Waals surface area contributed by atoms with E-state index in [1.807, 2.05) is 88.4 Å². The van der Waals surface area contributed by atoms with Crippen LogP contribution in [-0.2, 0) is 46.3 Å². The first-order valence-electron chi connectivity index (χ1n) is 18.5. The topological polar surface area (TPSA) is 145 Å². The van der Waals surface area contributed by atoms with Crippen LogP contribution in [-0.4, -0.2) is 108 Å². The van der Waals surface area contributed by atoms with Gasteiger partial charge in [0.15, 0.2) is 6.10 Å². The van der Waals surface area contributed by atoms with Gasteiger partial charge in [-0.2, -0.15) is 0 Å². The Hall–Kier alpha value is -4.74.